The van der Waals surface area contributed by atoms with E-state index in [2.05, 4.69) is 16.7 Å². The maximum Gasteiger partial charge on any atom is 0.0625 e. The quantitative estimate of drug-likeness (QED) is 0.647. The molecule has 2 aliphatic heterocycles. The van der Waals surface area contributed by atoms with Crippen molar-refractivity contribution in [2.45, 2.75) is 18.9 Å². The molecule has 0 aliphatic carbocycles. The topological polar surface area (TPSA) is 44.7 Å². The van der Waals surface area contributed by atoms with Gasteiger partial charge in [0.15, 0.2) is 0 Å². The highest BCUT2D eigenvalue weighted by Gasteiger charge is 2.19. The Morgan fingerprint density at radius 2 is 2.54 bits per heavy atom. The monoisotopic (exact) mass is 179 g/mol. The first-order valence-corrected chi connectivity index (χ1v) is 4.62. The molecule has 1 unspecified atom stereocenters. The normalized spacial score (nSPS) is 27.5. The van der Waals surface area contributed by atoms with Crippen molar-refractivity contribution in [1.29, 1.82) is 0 Å². The summed E-state index contributed by atoms with van der Waals surface area (Å²) in [5, 5.41) is 7.70. The molecular weight excluding hydrogens is 166 g/mol. The van der Waals surface area contributed by atoms with Gasteiger partial charge in [0.2, 0.25) is 0 Å². The van der Waals surface area contributed by atoms with Crippen molar-refractivity contribution in [2.75, 3.05) is 13.1 Å². The lowest BCUT2D eigenvalue weighted by molar-refractivity contribution is 0.424. The molecule has 0 bridgehead atoms. The van der Waals surface area contributed by atoms with Crippen molar-refractivity contribution >= 4 is 0 Å². The molecule has 0 aromatic rings. The molecule has 0 radical (unpaired) electrons. The maximum atomic E-state index is 10.3. The summed E-state index contributed by atoms with van der Waals surface area (Å²) in [6, 6.07) is 0.417. The van der Waals surface area contributed by atoms with Crippen molar-refractivity contribution in [1.82, 2.24) is 10.3 Å². The minimum absolute atomic E-state index is 0.417. The van der Waals surface area contributed by atoms with Gasteiger partial charge in [0.25, 0.3) is 0 Å². The lowest BCUT2D eigenvalue weighted by Gasteiger charge is -2.18. The number of hydrogen-bond donors (Lipinski definition) is 1. The lowest BCUT2D eigenvalue weighted by Crippen LogP contribution is -2.26. The van der Waals surface area contributed by atoms with Crippen LogP contribution in [-0.4, -0.2) is 24.1 Å². The molecule has 2 aliphatic rings. The second kappa shape index (κ2) is 3.70. The molecule has 0 spiro atoms. The van der Waals surface area contributed by atoms with Gasteiger partial charge in [-0.05, 0) is 25.0 Å². The van der Waals surface area contributed by atoms with Crippen LogP contribution < -0.4 is 5.32 Å². The molecular formula is C9H13N3O. The van der Waals surface area contributed by atoms with E-state index in [4.69, 9.17) is 0 Å². The van der Waals surface area contributed by atoms with Gasteiger partial charge in [-0.3, -0.25) is 0 Å². The Labute approximate surface area is 77.2 Å². The minimum atomic E-state index is 0.417. The van der Waals surface area contributed by atoms with Gasteiger partial charge >= 0.3 is 0 Å². The van der Waals surface area contributed by atoms with Gasteiger partial charge in [0.1, 0.15) is 0 Å². The van der Waals surface area contributed by atoms with Crippen molar-refractivity contribution in [3.05, 3.63) is 28.8 Å². The van der Waals surface area contributed by atoms with Gasteiger partial charge in [-0.2, -0.15) is 0 Å². The largest absolute Gasteiger partial charge is 0.310 e. The van der Waals surface area contributed by atoms with Crippen LogP contribution in [0.1, 0.15) is 12.8 Å². The van der Waals surface area contributed by atoms with Gasteiger partial charge < -0.3 is 5.32 Å². The van der Waals surface area contributed by atoms with E-state index in [0.29, 0.717) is 12.6 Å². The highest BCUT2D eigenvalue weighted by atomic mass is 16.3. The number of nitroso groups, excluding NO2 is 1. The van der Waals surface area contributed by atoms with Gasteiger partial charge in [0.05, 0.1) is 11.8 Å². The second-order valence-electron chi connectivity index (χ2n) is 3.38. The van der Waals surface area contributed by atoms with E-state index < -0.39 is 0 Å². The average Bonchev–Trinajstić information content (AvgIpc) is 2.71. The Balaban J connectivity index is 2.08. The maximum absolute atomic E-state index is 10.3. The molecule has 1 fully saturated rings. The summed E-state index contributed by atoms with van der Waals surface area (Å²) in [6.45, 7) is 1.67. The molecule has 70 valence electrons. The summed E-state index contributed by atoms with van der Waals surface area (Å²) >= 11 is 0. The predicted octanol–water partition coefficient (Wildman–Crippen LogP) is 1.18. The Bertz CT molecular complexity index is 254. The Kier molecular flexibility index (Phi) is 2.40. The van der Waals surface area contributed by atoms with Crippen LogP contribution in [0.5, 0.6) is 0 Å². The molecule has 0 aromatic carbocycles. The molecule has 0 aromatic heterocycles. The van der Waals surface area contributed by atoms with E-state index in [0.717, 1.165) is 13.0 Å². The fraction of sp³-hybridized carbons (Fsp3) is 0.556. The Hall–Kier alpha value is -1.16. The van der Waals surface area contributed by atoms with Crippen LogP contribution in [0.4, 0.5) is 0 Å². The molecule has 4 heteroatoms. The van der Waals surface area contributed by atoms with E-state index in [-0.39, 0.29) is 0 Å². The van der Waals surface area contributed by atoms with E-state index in [9.17, 15) is 4.91 Å². The van der Waals surface area contributed by atoms with Crippen LogP contribution in [0.15, 0.2) is 29.2 Å². The molecule has 4 nitrogen and oxygen atoms in total. The van der Waals surface area contributed by atoms with Crippen LogP contribution in [0, 0.1) is 4.91 Å². The Morgan fingerprint density at radius 1 is 1.62 bits per heavy atom. The summed E-state index contributed by atoms with van der Waals surface area (Å²) in [5.41, 5.74) is 1.17. The van der Waals surface area contributed by atoms with Crippen LogP contribution in [0.25, 0.3) is 0 Å². The third kappa shape index (κ3) is 1.78. The zero-order valence-electron chi connectivity index (χ0n) is 7.44. The Morgan fingerprint density at radius 3 is 3.23 bits per heavy atom. The zero-order valence-corrected chi connectivity index (χ0v) is 7.44. The number of nitrogens with zero attached hydrogens (tertiary/aromatic N) is 2. The molecule has 13 heavy (non-hydrogen) atoms. The fourth-order valence-electron chi connectivity index (χ4n) is 1.80. The van der Waals surface area contributed by atoms with Crippen molar-refractivity contribution in [2.24, 2.45) is 5.29 Å². The summed E-state index contributed by atoms with van der Waals surface area (Å²) in [5.74, 6) is 0. The van der Waals surface area contributed by atoms with Crippen molar-refractivity contribution < 1.29 is 0 Å². The highest BCUT2D eigenvalue weighted by molar-refractivity contribution is 5.28. The minimum Gasteiger partial charge on any atom is -0.310 e. The standard InChI is InChI=1S/C9H13N3O/c13-11-12-6-2-3-8(7-12)9-4-1-5-10-9/h2-3,7,9-10H,1,4-6H2. The number of rotatable bonds is 2. The summed E-state index contributed by atoms with van der Waals surface area (Å²) in [4.78, 5) is 10.3. The molecule has 1 N–H and O–H groups in total. The number of hydrogen-bond acceptors (Lipinski definition) is 3. The first-order valence-electron chi connectivity index (χ1n) is 4.62. The van der Waals surface area contributed by atoms with Crippen LogP contribution >= 0.6 is 0 Å². The fourth-order valence-corrected chi connectivity index (χ4v) is 1.80. The third-order valence-corrected chi connectivity index (χ3v) is 2.47. The van der Waals surface area contributed by atoms with Crippen molar-refractivity contribution in [3.8, 4) is 0 Å². The van der Waals surface area contributed by atoms with E-state index >= 15 is 0 Å². The highest BCUT2D eigenvalue weighted by Crippen LogP contribution is 2.18. The lowest BCUT2D eigenvalue weighted by atomic mass is 10.0. The van der Waals surface area contributed by atoms with E-state index in [1.54, 1.807) is 0 Å². The summed E-state index contributed by atoms with van der Waals surface area (Å²) < 4.78 is 0. The summed E-state index contributed by atoms with van der Waals surface area (Å²) in [6.07, 6.45) is 8.24. The van der Waals surface area contributed by atoms with Crippen LogP contribution in [-0.2, 0) is 0 Å². The number of nitrogens with one attached hydrogen (secondary N) is 1. The SMILES string of the molecule is O=NN1C=C(C2CCCN2)C=CC1. The molecule has 0 saturated carbocycles. The predicted molar refractivity (Wildman–Crippen MR) is 50.7 cm³/mol. The molecule has 1 atom stereocenters. The van der Waals surface area contributed by atoms with Gasteiger partial charge in [-0.15, -0.1) is 4.91 Å². The average molecular weight is 179 g/mol. The van der Waals surface area contributed by atoms with E-state index in [1.165, 1.54) is 17.0 Å². The van der Waals surface area contributed by atoms with Gasteiger partial charge in [-0.1, -0.05) is 12.2 Å². The van der Waals surface area contributed by atoms with Gasteiger partial charge in [0, 0.05) is 12.2 Å². The molecule has 2 rings (SSSR count). The molecule has 1 saturated heterocycles. The first-order chi connectivity index (χ1) is 6.40. The van der Waals surface area contributed by atoms with Crippen LogP contribution in [0.2, 0.25) is 0 Å². The third-order valence-electron chi connectivity index (χ3n) is 2.47. The first kappa shape index (κ1) is 8.44. The van der Waals surface area contributed by atoms with E-state index in [1.807, 2.05) is 12.3 Å². The zero-order chi connectivity index (χ0) is 9.10. The van der Waals surface area contributed by atoms with Gasteiger partial charge in [-0.25, -0.2) is 5.01 Å². The summed E-state index contributed by atoms with van der Waals surface area (Å²) in [7, 11) is 0. The van der Waals surface area contributed by atoms with Crippen LogP contribution in [0.3, 0.4) is 0 Å². The molecule has 2 heterocycles. The second-order valence-corrected chi connectivity index (χ2v) is 3.38. The smallest absolute Gasteiger partial charge is 0.0625 e. The molecule has 0 amide bonds. The van der Waals surface area contributed by atoms with Crippen molar-refractivity contribution in [3.63, 3.8) is 0 Å².